The third-order valence-electron chi connectivity index (χ3n) is 4.02. The molecule has 0 saturated heterocycles. The lowest BCUT2D eigenvalue weighted by Gasteiger charge is -2.06. The highest BCUT2D eigenvalue weighted by molar-refractivity contribution is 7.22. The van der Waals surface area contributed by atoms with E-state index in [4.69, 9.17) is 11.6 Å². The van der Waals surface area contributed by atoms with Crippen molar-refractivity contribution in [2.45, 2.75) is 13.8 Å². The van der Waals surface area contributed by atoms with Crippen LogP contribution in [0.15, 0.2) is 42.5 Å². The van der Waals surface area contributed by atoms with Gasteiger partial charge in [0.15, 0.2) is 10.8 Å². The van der Waals surface area contributed by atoms with Gasteiger partial charge in [-0.3, -0.25) is 10.1 Å². The summed E-state index contributed by atoms with van der Waals surface area (Å²) in [4.78, 5) is 17.0. The van der Waals surface area contributed by atoms with Gasteiger partial charge < -0.3 is 0 Å². The summed E-state index contributed by atoms with van der Waals surface area (Å²) in [5.74, 6) is -0.340. The number of nitrogens with one attached hydrogen (secondary N) is 1. The second kappa shape index (κ2) is 6.51. The number of fused-ring (bicyclic) bond motifs is 1. The molecule has 0 fully saturated rings. The van der Waals surface area contributed by atoms with E-state index in [1.807, 2.05) is 50.2 Å². The molecule has 0 radical (unpaired) electrons. The molecular weight excluding hydrogens is 370 g/mol. The molecule has 2 heterocycles. The van der Waals surface area contributed by atoms with Gasteiger partial charge in [-0.05, 0) is 43.7 Å². The number of halogens is 1. The Kier molecular flexibility index (Phi) is 4.18. The van der Waals surface area contributed by atoms with Crippen molar-refractivity contribution in [3.05, 3.63) is 64.4 Å². The average molecular weight is 384 g/mol. The largest absolute Gasteiger partial charge is 0.296 e. The summed E-state index contributed by atoms with van der Waals surface area (Å²) in [6, 6.07) is 13.2. The van der Waals surface area contributed by atoms with Crippen molar-refractivity contribution in [2.75, 3.05) is 5.32 Å². The number of carbonyl (C=O) groups excluding carboxylic acids is 1. The highest BCUT2D eigenvalue weighted by Crippen LogP contribution is 2.28. The molecule has 0 atom stereocenters. The number of amides is 1. The average Bonchev–Trinajstić information content (AvgIpc) is 3.18. The van der Waals surface area contributed by atoms with Crippen molar-refractivity contribution in [3.63, 3.8) is 0 Å². The van der Waals surface area contributed by atoms with Gasteiger partial charge in [-0.1, -0.05) is 46.4 Å². The summed E-state index contributed by atoms with van der Waals surface area (Å²) in [6.45, 7) is 3.81. The number of thiazole rings is 1. The van der Waals surface area contributed by atoms with Crippen LogP contribution in [0.5, 0.6) is 0 Å². The third kappa shape index (κ3) is 2.95. The first-order valence-electron chi connectivity index (χ1n) is 7.88. The molecule has 1 amide bonds. The van der Waals surface area contributed by atoms with E-state index in [9.17, 15) is 4.79 Å². The Hall–Kier alpha value is -2.77. The number of nitrogens with zero attached hydrogens (tertiary/aromatic N) is 4. The maximum absolute atomic E-state index is 12.6. The first-order chi connectivity index (χ1) is 12.5. The second-order valence-corrected chi connectivity index (χ2v) is 7.27. The van der Waals surface area contributed by atoms with Gasteiger partial charge in [0.05, 0.1) is 21.6 Å². The Morgan fingerprint density at radius 1 is 1.19 bits per heavy atom. The van der Waals surface area contributed by atoms with Gasteiger partial charge in [0.1, 0.15) is 0 Å². The normalized spacial score (nSPS) is 11.0. The molecule has 0 saturated carbocycles. The molecular formula is C18H14ClN5OS. The van der Waals surface area contributed by atoms with Gasteiger partial charge in [0.2, 0.25) is 0 Å². The third-order valence-corrected chi connectivity index (χ3v) is 5.19. The molecule has 0 spiro atoms. The van der Waals surface area contributed by atoms with Crippen LogP contribution in [0.1, 0.15) is 21.7 Å². The molecule has 2 aromatic carbocycles. The smallest absolute Gasteiger partial charge is 0.279 e. The van der Waals surface area contributed by atoms with E-state index in [1.54, 1.807) is 10.7 Å². The van der Waals surface area contributed by atoms with Gasteiger partial charge >= 0.3 is 0 Å². The predicted octanol–water partition coefficient (Wildman–Crippen LogP) is 4.40. The van der Waals surface area contributed by atoms with Crippen molar-refractivity contribution in [2.24, 2.45) is 0 Å². The summed E-state index contributed by atoms with van der Waals surface area (Å²) < 4.78 is 2.58. The van der Waals surface area contributed by atoms with Crippen LogP contribution < -0.4 is 5.32 Å². The lowest BCUT2D eigenvalue weighted by Crippen LogP contribution is -2.14. The number of anilines is 1. The Bertz CT molecular complexity index is 1130. The Labute approximate surface area is 158 Å². The fraction of sp³-hybridized carbons (Fsp3) is 0.111. The molecule has 8 heteroatoms. The molecule has 0 unspecified atom stereocenters. The van der Waals surface area contributed by atoms with Crippen molar-refractivity contribution < 1.29 is 4.79 Å². The van der Waals surface area contributed by atoms with Crippen LogP contribution in [-0.4, -0.2) is 25.9 Å². The minimum absolute atomic E-state index is 0.269. The number of carbonyl (C=O) groups is 1. The Morgan fingerprint density at radius 2 is 2.00 bits per heavy atom. The minimum Gasteiger partial charge on any atom is -0.296 e. The molecule has 130 valence electrons. The molecule has 0 aliphatic rings. The maximum Gasteiger partial charge on any atom is 0.279 e. The van der Waals surface area contributed by atoms with E-state index in [-0.39, 0.29) is 11.6 Å². The summed E-state index contributed by atoms with van der Waals surface area (Å²) in [7, 11) is 0. The van der Waals surface area contributed by atoms with Gasteiger partial charge in [-0.25, -0.2) is 9.67 Å². The molecule has 6 nitrogen and oxygen atoms in total. The zero-order valence-electron chi connectivity index (χ0n) is 14.0. The summed E-state index contributed by atoms with van der Waals surface area (Å²) in [5, 5.41) is 12.1. The fourth-order valence-corrected chi connectivity index (χ4v) is 3.81. The number of rotatable bonds is 3. The van der Waals surface area contributed by atoms with Gasteiger partial charge in [0.25, 0.3) is 5.91 Å². The van der Waals surface area contributed by atoms with Crippen LogP contribution in [0, 0.1) is 13.8 Å². The molecule has 0 bridgehead atoms. The quantitative estimate of drug-likeness (QED) is 0.569. The van der Waals surface area contributed by atoms with Gasteiger partial charge in [-0.2, -0.15) is 0 Å². The minimum atomic E-state index is -0.340. The standard InChI is InChI=1S/C18H14ClN5OS/c1-10-5-3-4-6-14(10)24-11(2)16(22-23-24)17(25)21-18-20-13-8-7-12(19)9-15(13)26-18/h3-9H,1-2H3,(H,20,21,25). The van der Waals surface area contributed by atoms with E-state index in [1.165, 1.54) is 11.3 Å². The van der Waals surface area contributed by atoms with E-state index >= 15 is 0 Å². The topological polar surface area (TPSA) is 72.7 Å². The zero-order chi connectivity index (χ0) is 18.3. The Balaban J connectivity index is 1.63. The highest BCUT2D eigenvalue weighted by Gasteiger charge is 2.19. The lowest BCUT2D eigenvalue weighted by molar-refractivity contribution is 0.102. The van der Waals surface area contributed by atoms with E-state index < -0.39 is 0 Å². The van der Waals surface area contributed by atoms with Crippen LogP contribution in [0.4, 0.5) is 5.13 Å². The zero-order valence-corrected chi connectivity index (χ0v) is 15.6. The van der Waals surface area contributed by atoms with E-state index in [0.29, 0.717) is 15.8 Å². The molecule has 0 aliphatic heterocycles. The molecule has 26 heavy (non-hydrogen) atoms. The second-order valence-electron chi connectivity index (χ2n) is 5.81. The molecule has 4 aromatic rings. The fourth-order valence-electron chi connectivity index (χ4n) is 2.68. The van der Waals surface area contributed by atoms with E-state index in [2.05, 4.69) is 20.6 Å². The van der Waals surface area contributed by atoms with Crippen LogP contribution in [0.2, 0.25) is 5.02 Å². The van der Waals surface area contributed by atoms with Crippen molar-refractivity contribution in [1.82, 2.24) is 20.0 Å². The summed E-state index contributed by atoms with van der Waals surface area (Å²) in [5.41, 5.74) is 3.67. The molecule has 4 rings (SSSR count). The van der Waals surface area contributed by atoms with Crippen LogP contribution in [-0.2, 0) is 0 Å². The maximum atomic E-state index is 12.6. The SMILES string of the molecule is Cc1ccccc1-n1nnc(C(=O)Nc2nc3ccc(Cl)cc3s2)c1C. The summed E-state index contributed by atoms with van der Waals surface area (Å²) >= 11 is 7.36. The predicted molar refractivity (Wildman–Crippen MR) is 103 cm³/mol. The number of benzene rings is 2. The van der Waals surface area contributed by atoms with Crippen molar-refractivity contribution >= 4 is 44.2 Å². The molecule has 2 aromatic heterocycles. The van der Waals surface area contributed by atoms with E-state index in [0.717, 1.165) is 21.5 Å². The first kappa shape index (κ1) is 16.7. The van der Waals surface area contributed by atoms with Gasteiger partial charge in [-0.15, -0.1) is 5.10 Å². The number of hydrogen-bond acceptors (Lipinski definition) is 5. The molecule has 0 aliphatic carbocycles. The van der Waals surface area contributed by atoms with Crippen molar-refractivity contribution in [1.29, 1.82) is 0 Å². The number of aryl methyl sites for hydroxylation is 1. The lowest BCUT2D eigenvalue weighted by atomic mass is 10.2. The Morgan fingerprint density at radius 3 is 2.81 bits per heavy atom. The van der Waals surface area contributed by atoms with Crippen LogP contribution in [0.25, 0.3) is 15.9 Å². The highest BCUT2D eigenvalue weighted by atomic mass is 35.5. The first-order valence-corrected chi connectivity index (χ1v) is 9.08. The number of hydrogen-bond donors (Lipinski definition) is 1. The van der Waals surface area contributed by atoms with Crippen LogP contribution >= 0.6 is 22.9 Å². The number of para-hydroxylation sites is 1. The van der Waals surface area contributed by atoms with Crippen molar-refractivity contribution in [3.8, 4) is 5.69 Å². The van der Waals surface area contributed by atoms with Crippen LogP contribution in [0.3, 0.4) is 0 Å². The summed E-state index contributed by atoms with van der Waals surface area (Å²) in [6.07, 6.45) is 0. The monoisotopic (exact) mass is 383 g/mol. The number of aromatic nitrogens is 4. The molecule has 1 N–H and O–H groups in total. The van der Waals surface area contributed by atoms with Gasteiger partial charge in [0, 0.05) is 5.02 Å².